The molecule has 21 heavy (non-hydrogen) atoms. The Bertz CT molecular complexity index is 736. The maximum atomic E-state index is 4.32. The topological polar surface area (TPSA) is 80.9 Å². The van der Waals surface area contributed by atoms with Gasteiger partial charge < -0.3 is 5.32 Å². The molecule has 0 amide bonds. The second-order valence-electron chi connectivity index (χ2n) is 4.51. The van der Waals surface area contributed by atoms with E-state index in [2.05, 4.69) is 30.8 Å². The van der Waals surface area contributed by atoms with Crippen LogP contribution < -0.4 is 5.32 Å². The minimum Gasteiger partial charge on any atom is -0.382 e. The van der Waals surface area contributed by atoms with E-state index in [0.717, 1.165) is 45.1 Å². The van der Waals surface area contributed by atoms with Gasteiger partial charge in [0.1, 0.15) is 11.3 Å². The first-order valence-electron chi connectivity index (χ1n) is 6.57. The van der Waals surface area contributed by atoms with Crippen LogP contribution in [-0.4, -0.2) is 42.3 Å². The Morgan fingerprint density at radius 2 is 2.19 bits per heavy atom. The van der Waals surface area contributed by atoms with Crippen LogP contribution in [0.1, 0.15) is 17.1 Å². The van der Waals surface area contributed by atoms with Crippen LogP contribution >= 0.6 is 23.1 Å². The molecule has 7 nitrogen and oxygen atoms in total. The van der Waals surface area contributed by atoms with Crippen LogP contribution in [0.5, 0.6) is 0 Å². The Hall–Kier alpha value is -1.74. The summed E-state index contributed by atoms with van der Waals surface area (Å²) in [7, 11) is 0. The Morgan fingerprint density at radius 3 is 3.00 bits per heavy atom. The second kappa shape index (κ2) is 6.35. The Morgan fingerprint density at radius 1 is 1.29 bits per heavy atom. The predicted molar refractivity (Wildman–Crippen MR) is 84.0 cm³/mol. The fraction of sp³-hybridized carbons (Fsp3) is 0.417. The van der Waals surface area contributed by atoms with Crippen LogP contribution in [0.25, 0.3) is 5.65 Å². The van der Waals surface area contributed by atoms with Crippen LogP contribution in [0, 0.1) is 13.8 Å². The van der Waals surface area contributed by atoms with Gasteiger partial charge in [0.25, 0.3) is 0 Å². The fourth-order valence-electron chi connectivity index (χ4n) is 1.87. The standard InChI is InChI=1S/C12H15N7S2/c1-8-6-10(11-16-14-7-19(11)18-8)13-4-3-5-20-12-17-15-9(2)21-12/h6-7,13H,3-5H2,1-2H3. The number of thioether (sulfide) groups is 1. The Kier molecular flexibility index (Phi) is 4.30. The maximum Gasteiger partial charge on any atom is 0.200 e. The fourth-order valence-corrected chi connectivity index (χ4v) is 3.70. The van der Waals surface area contributed by atoms with Crippen LogP contribution in [0.2, 0.25) is 0 Å². The van der Waals surface area contributed by atoms with Crippen molar-refractivity contribution in [1.29, 1.82) is 0 Å². The second-order valence-corrected chi connectivity index (χ2v) is 7.04. The number of aromatic nitrogens is 6. The molecule has 0 aromatic carbocycles. The van der Waals surface area contributed by atoms with E-state index in [0.29, 0.717) is 0 Å². The number of aryl methyl sites for hydroxylation is 2. The minimum absolute atomic E-state index is 0.757. The summed E-state index contributed by atoms with van der Waals surface area (Å²) < 4.78 is 2.73. The zero-order chi connectivity index (χ0) is 14.7. The maximum absolute atomic E-state index is 4.32. The van der Waals surface area contributed by atoms with Crippen molar-refractivity contribution in [2.75, 3.05) is 17.6 Å². The van der Waals surface area contributed by atoms with Gasteiger partial charge in [-0.2, -0.15) is 9.61 Å². The molecule has 3 aromatic rings. The third kappa shape index (κ3) is 3.48. The molecule has 1 N–H and O–H groups in total. The van der Waals surface area contributed by atoms with Crippen LogP contribution in [-0.2, 0) is 0 Å². The van der Waals surface area contributed by atoms with Gasteiger partial charge in [0, 0.05) is 12.3 Å². The quantitative estimate of drug-likeness (QED) is 0.550. The summed E-state index contributed by atoms with van der Waals surface area (Å²) in [6.07, 6.45) is 2.64. The SMILES string of the molecule is Cc1cc(NCCCSc2nnc(C)s2)c2nncn2n1. The molecule has 0 aliphatic carbocycles. The molecule has 0 fully saturated rings. The number of rotatable bonds is 6. The first-order chi connectivity index (χ1) is 10.2. The van der Waals surface area contributed by atoms with Gasteiger partial charge in [-0.05, 0) is 26.3 Å². The normalized spacial score (nSPS) is 11.1. The van der Waals surface area contributed by atoms with E-state index < -0.39 is 0 Å². The first kappa shape index (κ1) is 14.2. The average Bonchev–Trinajstić information content (AvgIpc) is 3.07. The summed E-state index contributed by atoms with van der Waals surface area (Å²) >= 11 is 3.38. The largest absolute Gasteiger partial charge is 0.382 e. The van der Waals surface area contributed by atoms with Gasteiger partial charge in [-0.3, -0.25) is 0 Å². The molecule has 110 valence electrons. The number of nitrogens with zero attached hydrogens (tertiary/aromatic N) is 6. The van der Waals surface area contributed by atoms with Gasteiger partial charge in [0.15, 0.2) is 4.34 Å². The summed E-state index contributed by atoms with van der Waals surface area (Å²) in [5.74, 6) is 1.01. The third-order valence-corrected chi connectivity index (χ3v) is 4.82. The molecule has 0 aliphatic rings. The van der Waals surface area contributed by atoms with Crippen LogP contribution in [0.15, 0.2) is 16.7 Å². The lowest BCUT2D eigenvalue weighted by atomic mass is 10.3. The smallest absolute Gasteiger partial charge is 0.200 e. The number of hydrogen-bond donors (Lipinski definition) is 1. The van der Waals surface area contributed by atoms with Gasteiger partial charge >= 0.3 is 0 Å². The average molecular weight is 321 g/mol. The zero-order valence-corrected chi connectivity index (χ0v) is 13.4. The van der Waals surface area contributed by atoms with Gasteiger partial charge in [0.2, 0.25) is 5.65 Å². The molecule has 0 spiro atoms. The van der Waals surface area contributed by atoms with Crippen molar-refractivity contribution in [1.82, 2.24) is 30.0 Å². The van der Waals surface area contributed by atoms with E-state index in [1.807, 2.05) is 19.9 Å². The molecule has 3 aromatic heterocycles. The predicted octanol–water partition coefficient (Wildman–Crippen LogP) is 2.19. The monoisotopic (exact) mass is 321 g/mol. The molecule has 0 bridgehead atoms. The van der Waals surface area contributed by atoms with Crippen LogP contribution in [0.4, 0.5) is 5.69 Å². The lowest BCUT2D eigenvalue weighted by molar-refractivity contribution is 0.890. The van der Waals surface area contributed by atoms with E-state index >= 15 is 0 Å². The highest BCUT2D eigenvalue weighted by atomic mass is 32.2. The molecule has 0 aliphatic heterocycles. The van der Waals surface area contributed by atoms with Crippen molar-refractivity contribution >= 4 is 34.4 Å². The number of anilines is 1. The number of nitrogens with one attached hydrogen (secondary N) is 1. The van der Waals surface area contributed by atoms with E-state index in [9.17, 15) is 0 Å². The Labute approximate surface area is 130 Å². The molecule has 3 rings (SSSR count). The highest BCUT2D eigenvalue weighted by Crippen LogP contribution is 2.22. The molecule has 0 atom stereocenters. The molecule has 3 heterocycles. The third-order valence-electron chi connectivity index (χ3n) is 2.76. The number of fused-ring (bicyclic) bond motifs is 1. The van der Waals surface area contributed by atoms with E-state index in [1.54, 1.807) is 33.9 Å². The van der Waals surface area contributed by atoms with Crippen LogP contribution in [0.3, 0.4) is 0 Å². The van der Waals surface area contributed by atoms with E-state index in [1.165, 1.54) is 0 Å². The Balaban J connectivity index is 1.51. The van der Waals surface area contributed by atoms with Crippen molar-refractivity contribution in [2.45, 2.75) is 24.6 Å². The van der Waals surface area contributed by atoms with Gasteiger partial charge in [0.05, 0.1) is 11.4 Å². The van der Waals surface area contributed by atoms with Crippen molar-refractivity contribution in [3.63, 3.8) is 0 Å². The zero-order valence-electron chi connectivity index (χ0n) is 11.8. The van der Waals surface area contributed by atoms with Crippen molar-refractivity contribution < 1.29 is 0 Å². The highest BCUT2D eigenvalue weighted by molar-refractivity contribution is 8.01. The van der Waals surface area contributed by atoms with Gasteiger partial charge in [-0.1, -0.05) is 23.1 Å². The van der Waals surface area contributed by atoms with Crippen molar-refractivity contribution in [3.8, 4) is 0 Å². The first-order valence-corrected chi connectivity index (χ1v) is 8.37. The summed E-state index contributed by atoms with van der Waals surface area (Å²) in [6.45, 7) is 4.80. The summed E-state index contributed by atoms with van der Waals surface area (Å²) in [5.41, 5.74) is 2.66. The summed E-state index contributed by atoms with van der Waals surface area (Å²) in [5, 5.41) is 24.8. The molecule has 0 saturated heterocycles. The van der Waals surface area contributed by atoms with Crippen molar-refractivity contribution in [2.24, 2.45) is 0 Å². The van der Waals surface area contributed by atoms with E-state index in [-0.39, 0.29) is 0 Å². The highest BCUT2D eigenvalue weighted by Gasteiger charge is 2.06. The molecule has 0 radical (unpaired) electrons. The van der Waals surface area contributed by atoms with E-state index in [4.69, 9.17) is 0 Å². The lowest BCUT2D eigenvalue weighted by Gasteiger charge is -2.07. The molecule has 0 saturated carbocycles. The van der Waals surface area contributed by atoms with Crippen molar-refractivity contribution in [3.05, 3.63) is 23.1 Å². The summed E-state index contributed by atoms with van der Waals surface area (Å²) in [4.78, 5) is 0. The molecular weight excluding hydrogens is 306 g/mol. The van der Waals surface area contributed by atoms with Gasteiger partial charge in [-0.25, -0.2) is 0 Å². The minimum atomic E-state index is 0.757. The number of hydrogen-bond acceptors (Lipinski definition) is 8. The van der Waals surface area contributed by atoms with Gasteiger partial charge in [-0.15, -0.1) is 20.4 Å². The lowest BCUT2D eigenvalue weighted by Crippen LogP contribution is -2.06. The molecular formula is C12H15N7S2. The summed E-state index contributed by atoms with van der Waals surface area (Å²) in [6, 6.07) is 1.99. The molecule has 0 unspecified atom stereocenters. The molecule has 9 heteroatoms.